The van der Waals surface area contributed by atoms with E-state index in [1.54, 1.807) is 36.4 Å². The first-order valence-corrected chi connectivity index (χ1v) is 9.82. The predicted molar refractivity (Wildman–Crippen MR) is 114 cm³/mol. The first-order chi connectivity index (χ1) is 14.3. The van der Waals surface area contributed by atoms with Crippen LogP contribution < -0.4 is 5.32 Å². The molecule has 0 radical (unpaired) electrons. The van der Waals surface area contributed by atoms with E-state index in [4.69, 9.17) is 16.0 Å². The van der Waals surface area contributed by atoms with Crippen molar-refractivity contribution in [2.24, 2.45) is 0 Å². The van der Waals surface area contributed by atoms with Gasteiger partial charge in [-0.2, -0.15) is 0 Å². The average Bonchev–Trinajstić information content (AvgIpc) is 3.22. The van der Waals surface area contributed by atoms with Crippen molar-refractivity contribution in [3.05, 3.63) is 91.8 Å². The van der Waals surface area contributed by atoms with Gasteiger partial charge in [-0.15, -0.1) is 0 Å². The fourth-order valence-corrected chi connectivity index (χ4v) is 3.25. The highest BCUT2D eigenvalue weighted by Crippen LogP contribution is 2.26. The largest absolute Gasteiger partial charge is 0.467 e. The summed E-state index contributed by atoms with van der Waals surface area (Å²) in [6.45, 7) is -0.289. The molecule has 2 amide bonds. The van der Waals surface area contributed by atoms with Crippen LogP contribution in [-0.2, 0) is 11.3 Å². The maximum Gasteiger partial charge on any atom is 0.288 e. The fraction of sp³-hybridized carbons (Fsp3) is 0.100. The number of carbonyl (C=O) groups is 2. The van der Waals surface area contributed by atoms with E-state index in [0.29, 0.717) is 15.9 Å². The van der Waals surface area contributed by atoms with Gasteiger partial charge in [-0.25, -0.2) is 0 Å². The molecule has 0 fully saturated rings. The standard InChI is InChI=1S/C20H15BrClN3O5/c21-15-5-1-2-6-17(15)23-19(26)12-24(11-14-4-3-9-30-14)20(27)13-7-8-16(22)18(10-13)25(28)29/h1-10H,11-12H2,(H,23,26). The number of para-hydroxylation sites is 1. The number of carbonyl (C=O) groups excluding carboxylic acids is 2. The van der Waals surface area contributed by atoms with Gasteiger partial charge >= 0.3 is 0 Å². The highest BCUT2D eigenvalue weighted by molar-refractivity contribution is 9.10. The molecule has 3 rings (SSSR count). The SMILES string of the molecule is O=C(CN(Cc1ccco1)C(=O)c1ccc(Cl)c([N+](=O)[O-])c1)Nc1ccccc1Br. The Kier molecular flexibility index (Phi) is 6.86. The quantitative estimate of drug-likeness (QED) is 0.373. The summed E-state index contributed by atoms with van der Waals surface area (Å²) >= 11 is 9.18. The second-order valence-electron chi connectivity index (χ2n) is 6.19. The lowest BCUT2D eigenvalue weighted by Crippen LogP contribution is -2.37. The Bertz CT molecular complexity index is 1090. The average molecular weight is 493 g/mol. The maximum absolute atomic E-state index is 13.0. The summed E-state index contributed by atoms with van der Waals surface area (Å²) < 4.78 is 5.98. The Labute approximate surface area is 184 Å². The summed E-state index contributed by atoms with van der Waals surface area (Å²) in [6, 6.07) is 14.1. The third kappa shape index (κ3) is 5.25. The number of nitro benzene ring substituents is 1. The highest BCUT2D eigenvalue weighted by atomic mass is 79.9. The number of anilines is 1. The number of benzene rings is 2. The molecular formula is C20H15BrClN3O5. The van der Waals surface area contributed by atoms with E-state index >= 15 is 0 Å². The van der Waals surface area contributed by atoms with Crippen LogP contribution in [0.25, 0.3) is 0 Å². The normalized spacial score (nSPS) is 10.5. The zero-order valence-electron chi connectivity index (χ0n) is 15.4. The van der Waals surface area contributed by atoms with Crippen LogP contribution in [0.1, 0.15) is 16.1 Å². The molecule has 1 N–H and O–H groups in total. The topological polar surface area (TPSA) is 106 Å². The minimum atomic E-state index is -0.671. The third-order valence-corrected chi connectivity index (χ3v) is 5.10. The number of amides is 2. The predicted octanol–water partition coefficient (Wildman–Crippen LogP) is 4.88. The number of furan rings is 1. The lowest BCUT2D eigenvalue weighted by Gasteiger charge is -2.21. The van der Waals surface area contributed by atoms with Crippen molar-refractivity contribution < 1.29 is 18.9 Å². The van der Waals surface area contributed by atoms with Crippen molar-refractivity contribution in [1.29, 1.82) is 0 Å². The van der Waals surface area contributed by atoms with Gasteiger partial charge < -0.3 is 14.6 Å². The minimum Gasteiger partial charge on any atom is -0.467 e. The smallest absolute Gasteiger partial charge is 0.288 e. The minimum absolute atomic E-state index is 0.00559. The van der Waals surface area contributed by atoms with Gasteiger partial charge in [0.15, 0.2) is 0 Å². The number of hydrogen-bond donors (Lipinski definition) is 1. The maximum atomic E-state index is 13.0. The lowest BCUT2D eigenvalue weighted by molar-refractivity contribution is -0.384. The molecule has 0 saturated carbocycles. The van der Waals surface area contributed by atoms with Crippen LogP contribution in [0.3, 0.4) is 0 Å². The molecule has 0 atom stereocenters. The Hall–Kier alpha value is -3.17. The van der Waals surface area contributed by atoms with Gasteiger partial charge in [-0.3, -0.25) is 19.7 Å². The Morgan fingerprint density at radius 2 is 1.93 bits per heavy atom. The van der Waals surface area contributed by atoms with E-state index in [1.165, 1.54) is 23.3 Å². The number of nitrogens with one attached hydrogen (secondary N) is 1. The van der Waals surface area contributed by atoms with Gasteiger partial charge in [0.25, 0.3) is 11.6 Å². The van der Waals surface area contributed by atoms with E-state index in [2.05, 4.69) is 21.2 Å². The lowest BCUT2D eigenvalue weighted by atomic mass is 10.1. The number of halogens is 2. The zero-order valence-corrected chi connectivity index (χ0v) is 17.7. The van der Waals surface area contributed by atoms with Crippen LogP contribution >= 0.6 is 27.5 Å². The molecule has 0 aliphatic heterocycles. The summed E-state index contributed by atoms with van der Waals surface area (Å²) in [5, 5.41) is 13.8. The third-order valence-electron chi connectivity index (χ3n) is 4.09. The molecule has 0 spiro atoms. The number of rotatable bonds is 7. The summed E-state index contributed by atoms with van der Waals surface area (Å²) in [5.41, 5.74) is 0.194. The van der Waals surface area contributed by atoms with Crippen LogP contribution in [0.5, 0.6) is 0 Å². The summed E-state index contributed by atoms with van der Waals surface area (Å²) in [4.78, 5) is 37.3. The molecule has 1 heterocycles. The first kappa shape index (κ1) is 21.5. The van der Waals surface area contributed by atoms with Crippen molar-refractivity contribution in [3.63, 3.8) is 0 Å². The second kappa shape index (κ2) is 9.55. The van der Waals surface area contributed by atoms with Gasteiger partial charge in [-0.05, 0) is 52.3 Å². The number of nitrogens with zero attached hydrogens (tertiary/aromatic N) is 2. The van der Waals surface area contributed by atoms with Crippen molar-refractivity contribution in [2.75, 3.05) is 11.9 Å². The molecule has 0 aliphatic rings. The van der Waals surface area contributed by atoms with E-state index in [1.807, 2.05) is 0 Å². The van der Waals surface area contributed by atoms with Crippen LogP contribution in [-0.4, -0.2) is 28.2 Å². The van der Waals surface area contributed by atoms with Gasteiger partial charge in [0.05, 0.1) is 23.4 Å². The molecule has 2 aromatic carbocycles. The molecule has 0 bridgehead atoms. The van der Waals surface area contributed by atoms with Crippen molar-refractivity contribution in [1.82, 2.24) is 4.90 Å². The number of nitro groups is 1. The van der Waals surface area contributed by atoms with Crippen molar-refractivity contribution >= 4 is 50.7 Å². The fourth-order valence-electron chi connectivity index (χ4n) is 2.68. The molecule has 0 aliphatic carbocycles. The summed E-state index contributed by atoms with van der Waals surface area (Å²) in [7, 11) is 0. The molecule has 10 heteroatoms. The van der Waals surface area contributed by atoms with Crippen LogP contribution in [0.2, 0.25) is 5.02 Å². The Morgan fingerprint density at radius 3 is 2.60 bits per heavy atom. The summed E-state index contributed by atoms with van der Waals surface area (Å²) in [6.07, 6.45) is 1.45. The van der Waals surface area contributed by atoms with Crippen LogP contribution in [0.15, 0.2) is 69.8 Å². The number of hydrogen-bond acceptors (Lipinski definition) is 5. The Balaban J connectivity index is 1.84. The molecular weight excluding hydrogens is 478 g/mol. The van der Waals surface area contributed by atoms with Crippen LogP contribution in [0.4, 0.5) is 11.4 Å². The van der Waals surface area contributed by atoms with E-state index in [9.17, 15) is 19.7 Å². The second-order valence-corrected chi connectivity index (χ2v) is 7.45. The van der Waals surface area contributed by atoms with Crippen molar-refractivity contribution in [2.45, 2.75) is 6.54 Å². The molecule has 154 valence electrons. The molecule has 0 unspecified atom stereocenters. The molecule has 3 aromatic rings. The monoisotopic (exact) mass is 491 g/mol. The van der Waals surface area contributed by atoms with Gasteiger partial charge in [0.1, 0.15) is 17.3 Å². The molecule has 1 aromatic heterocycles. The summed E-state index contributed by atoms with van der Waals surface area (Å²) in [5.74, 6) is -0.556. The van der Waals surface area contributed by atoms with Crippen molar-refractivity contribution in [3.8, 4) is 0 Å². The first-order valence-electron chi connectivity index (χ1n) is 8.65. The van der Waals surface area contributed by atoms with Gasteiger partial charge in [0.2, 0.25) is 5.91 Å². The van der Waals surface area contributed by atoms with Crippen LogP contribution in [0, 0.1) is 10.1 Å². The highest BCUT2D eigenvalue weighted by Gasteiger charge is 2.23. The molecule has 0 saturated heterocycles. The Morgan fingerprint density at radius 1 is 1.17 bits per heavy atom. The van der Waals surface area contributed by atoms with E-state index in [-0.39, 0.29) is 23.7 Å². The van der Waals surface area contributed by atoms with E-state index < -0.39 is 22.4 Å². The zero-order chi connectivity index (χ0) is 21.7. The van der Waals surface area contributed by atoms with Gasteiger partial charge in [-0.1, -0.05) is 23.7 Å². The molecule has 8 nitrogen and oxygen atoms in total. The molecule has 30 heavy (non-hydrogen) atoms. The van der Waals surface area contributed by atoms with E-state index in [0.717, 1.165) is 6.07 Å². The van der Waals surface area contributed by atoms with Gasteiger partial charge in [0, 0.05) is 16.1 Å².